The summed E-state index contributed by atoms with van der Waals surface area (Å²) >= 11 is 1.24. The summed E-state index contributed by atoms with van der Waals surface area (Å²) in [6, 6.07) is 9.28. The van der Waals surface area contributed by atoms with Gasteiger partial charge in [-0.15, -0.1) is 11.3 Å². The molecule has 1 aliphatic rings. The van der Waals surface area contributed by atoms with E-state index in [2.05, 4.69) is 30.5 Å². The van der Waals surface area contributed by atoms with E-state index >= 15 is 0 Å². The van der Waals surface area contributed by atoms with Crippen molar-refractivity contribution in [3.8, 4) is 5.13 Å². The molecule has 0 unspecified atom stereocenters. The molecule has 3 aromatic heterocycles. The number of nitrogens with one attached hydrogen (secondary N) is 3. The molecule has 3 N–H and O–H groups in total. The lowest BCUT2D eigenvalue weighted by atomic mass is 10.2. The number of piperazine rings is 1. The normalized spacial score (nSPS) is 14.2. The molecule has 4 aromatic rings. The summed E-state index contributed by atoms with van der Waals surface area (Å²) in [6.45, 7) is 3.50. The molecular weight excluding hydrogens is 402 g/mol. The summed E-state index contributed by atoms with van der Waals surface area (Å²) < 4.78 is 1.48. The molecule has 1 fully saturated rings. The quantitative estimate of drug-likeness (QED) is 0.464. The minimum atomic E-state index is -0.338. The highest BCUT2D eigenvalue weighted by atomic mass is 32.1. The molecule has 1 aliphatic heterocycles. The van der Waals surface area contributed by atoms with Gasteiger partial charge < -0.3 is 20.5 Å². The minimum Gasteiger partial charge on any atom is -0.367 e. The zero-order valence-corrected chi connectivity index (χ0v) is 16.8. The number of benzene rings is 1. The molecule has 0 radical (unpaired) electrons. The number of nitrogens with zero attached hydrogens (tertiary/aromatic N) is 4. The highest BCUT2D eigenvalue weighted by molar-refractivity contribution is 7.12. The topological polar surface area (TPSA) is 108 Å². The monoisotopic (exact) mass is 421 g/mol. The van der Waals surface area contributed by atoms with Crippen LogP contribution in [0.4, 0.5) is 11.4 Å². The van der Waals surface area contributed by atoms with E-state index in [1.54, 1.807) is 17.8 Å². The fraction of sp³-hybridized carbons (Fsp3) is 0.200. The minimum absolute atomic E-state index is 0.252. The van der Waals surface area contributed by atoms with E-state index < -0.39 is 0 Å². The van der Waals surface area contributed by atoms with E-state index in [4.69, 9.17) is 0 Å². The Kier molecular flexibility index (Phi) is 4.77. The predicted octanol–water partition coefficient (Wildman–Crippen LogP) is 1.83. The molecule has 0 aliphatic carbocycles. The molecule has 152 valence electrons. The molecular formula is C20H19N7O2S. The van der Waals surface area contributed by atoms with Gasteiger partial charge in [-0.25, -0.2) is 14.3 Å². The van der Waals surface area contributed by atoms with E-state index in [0.717, 1.165) is 42.9 Å². The SMILES string of the molecule is O=C(Nc1cnccc1N1CCNCC1)c1csc(-n2c(=O)[nH]c3ccccc32)n1. The van der Waals surface area contributed by atoms with Crippen LogP contribution in [0.3, 0.4) is 0 Å². The van der Waals surface area contributed by atoms with Crippen molar-refractivity contribution in [2.24, 2.45) is 0 Å². The van der Waals surface area contributed by atoms with Gasteiger partial charge in [0.1, 0.15) is 5.69 Å². The van der Waals surface area contributed by atoms with Gasteiger partial charge in [0.15, 0.2) is 5.13 Å². The first-order chi connectivity index (χ1) is 14.7. The summed E-state index contributed by atoms with van der Waals surface area (Å²) in [5, 5.41) is 8.33. The third kappa shape index (κ3) is 3.36. The molecule has 1 saturated heterocycles. The lowest BCUT2D eigenvalue weighted by molar-refractivity contribution is 0.102. The number of hydrogen-bond acceptors (Lipinski definition) is 7. The number of aromatic nitrogens is 4. The summed E-state index contributed by atoms with van der Waals surface area (Å²) in [7, 11) is 0. The number of anilines is 2. The van der Waals surface area contributed by atoms with Crippen LogP contribution in [0.5, 0.6) is 0 Å². The third-order valence-electron chi connectivity index (χ3n) is 5.01. The first kappa shape index (κ1) is 18.5. The van der Waals surface area contributed by atoms with Gasteiger partial charge >= 0.3 is 5.69 Å². The van der Waals surface area contributed by atoms with Crippen molar-refractivity contribution >= 4 is 39.7 Å². The van der Waals surface area contributed by atoms with Crippen LogP contribution in [0.2, 0.25) is 0 Å². The molecule has 30 heavy (non-hydrogen) atoms. The average Bonchev–Trinajstić information content (AvgIpc) is 3.38. The lowest BCUT2D eigenvalue weighted by Crippen LogP contribution is -2.43. The molecule has 0 saturated carbocycles. The molecule has 0 spiro atoms. The Bertz CT molecular complexity index is 1270. The van der Waals surface area contributed by atoms with Gasteiger partial charge in [-0.05, 0) is 18.2 Å². The Morgan fingerprint density at radius 3 is 2.87 bits per heavy atom. The van der Waals surface area contributed by atoms with Crippen molar-refractivity contribution in [2.45, 2.75) is 0 Å². The van der Waals surface area contributed by atoms with E-state index in [1.807, 2.05) is 30.3 Å². The van der Waals surface area contributed by atoms with Gasteiger partial charge in [-0.1, -0.05) is 12.1 Å². The Morgan fingerprint density at radius 1 is 1.17 bits per heavy atom. The number of carbonyl (C=O) groups excluding carboxylic acids is 1. The van der Waals surface area contributed by atoms with Crippen molar-refractivity contribution in [1.82, 2.24) is 24.8 Å². The Labute approximate surface area is 175 Å². The highest BCUT2D eigenvalue weighted by Gasteiger charge is 2.19. The van der Waals surface area contributed by atoms with Gasteiger partial charge in [-0.2, -0.15) is 0 Å². The number of aromatic amines is 1. The van der Waals surface area contributed by atoms with Crippen LogP contribution in [0, 0.1) is 0 Å². The number of rotatable bonds is 4. The number of hydrogen-bond donors (Lipinski definition) is 3. The van der Waals surface area contributed by atoms with Crippen molar-refractivity contribution in [1.29, 1.82) is 0 Å². The molecule has 9 nitrogen and oxygen atoms in total. The lowest BCUT2D eigenvalue weighted by Gasteiger charge is -2.30. The standard InChI is InChI=1S/C20H19N7O2S/c28-18(23-14-11-22-6-5-16(14)26-9-7-21-8-10-26)15-12-30-20(25-15)27-17-4-2-1-3-13(17)24-19(27)29/h1-6,11-12,21H,7-10H2,(H,23,28)(H,24,29). The van der Waals surface area contributed by atoms with Crippen LogP contribution in [0.1, 0.15) is 10.5 Å². The fourth-order valence-corrected chi connectivity index (χ4v) is 4.38. The van der Waals surface area contributed by atoms with Crippen molar-refractivity contribution in [3.05, 3.63) is 64.3 Å². The zero-order valence-electron chi connectivity index (χ0n) is 16.0. The second kappa shape index (κ2) is 7.73. The molecule has 5 rings (SSSR count). The summed E-state index contributed by atoms with van der Waals surface area (Å²) in [4.78, 5) is 38.8. The van der Waals surface area contributed by atoms with Crippen molar-refractivity contribution < 1.29 is 4.79 Å². The second-order valence-corrected chi connectivity index (χ2v) is 7.72. The molecule has 0 bridgehead atoms. The van der Waals surface area contributed by atoms with Gasteiger partial charge in [-0.3, -0.25) is 9.78 Å². The number of imidazole rings is 1. The van der Waals surface area contributed by atoms with Crippen LogP contribution >= 0.6 is 11.3 Å². The molecule has 1 aromatic carbocycles. The molecule has 10 heteroatoms. The van der Waals surface area contributed by atoms with Crippen molar-refractivity contribution in [3.63, 3.8) is 0 Å². The Morgan fingerprint density at radius 2 is 2.00 bits per heavy atom. The number of thiazole rings is 1. The zero-order chi connectivity index (χ0) is 20.5. The summed E-state index contributed by atoms with van der Waals surface area (Å²) in [5.41, 5.74) is 2.98. The molecule has 4 heterocycles. The number of para-hydroxylation sites is 2. The van der Waals surface area contributed by atoms with E-state index in [9.17, 15) is 9.59 Å². The van der Waals surface area contributed by atoms with Gasteiger partial charge in [0.2, 0.25) is 0 Å². The first-order valence-electron chi connectivity index (χ1n) is 9.57. The van der Waals surface area contributed by atoms with Gasteiger partial charge in [0.05, 0.1) is 28.6 Å². The number of pyridine rings is 1. The number of H-pyrrole nitrogens is 1. The smallest absolute Gasteiger partial charge is 0.332 e. The Balaban J connectivity index is 1.42. The van der Waals surface area contributed by atoms with E-state index in [-0.39, 0.29) is 17.3 Å². The number of fused-ring (bicyclic) bond motifs is 1. The molecule has 0 atom stereocenters. The predicted molar refractivity (Wildman–Crippen MR) is 117 cm³/mol. The van der Waals surface area contributed by atoms with E-state index in [0.29, 0.717) is 10.8 Å². The van der Waals surface area contributed by atoms with Crippen LogP contribution < -0.4 is 21.2 Å². The maximum Gasteiger partial charge on any atom is 0.332 e. The highest BCUT2D eigenvalue weighted by Crippen LogP contribution is 2.26. The average molecular weight is 421 g/mol. The van der Waals surface area contributed by atoms with E-state index in [1.165, 1.54) is 15.9 Å². The largest absolute Gasteiger partial charge is 0.367 e. The van der Waals surface area contributed by atoms with Gasteiger partial charge in [0.25, 0.3) is 5.91 Å². The maximum absolute atomic E-state index is 12.9. The third-order valence-corrected chi connectivity index (χ3v) is 5.84. The first-order valence-corrected chi connectivity index (χ1v) is 10.5. The van der Waals surface area contributed by atoms with Crippen LogP contribution in [-0.4, -0.2) is 51.6 Å². The van der Waals surface area contributed by atoms with Crippen molar-refractivity contribution in [2.75, 3.05) is 36.4 Å². The van der Waals surface area contributed by atoms with Crippen LogP contribution in [0.25, 0.3) is 16.2 Å². The second-order valence-electron chi connectivity index (χ2n) is 6.88. The Hall–Kier alpha value is -3.50. The number of amides is 1. The van der Waals surface area contributed by atoms with Gasteiger partial charge in [0, 0.05) is 37.8 Å². The summed E-state index contributed by atoms with van der Waals surface area (Å²) in [5.74, 6) is -0.338. The van der Waals surface area contributed by atoms with Crippen LogP contribution in [-0.2, 0) is 0 Å². The number of carbonyl (C=O) groups is 1. The van der Waals surface area contributed by atoms with Crippen LogP contribution in [0.15, 0.2) is 52.9 Å². The molecule has 1 amide bonds. The fourth-order valence-electron chi connectivity index (χ4n) is 3.57. The summed E-state index contributed by atoms with van der Waals surface area (Å²) in [6.07, 6.45) is 3.37. The maximum atomic E-state index is 12.9.